The second kappa shape index (κ2) is 5.29. The van der Waals surface area contributed by atoms with Crippen LogP contribution in [0.25, 0.3) is 0 Å². The Bertz CT molecular complexity index is 182. The Kier molecular flexibility index (Phi) is 5.04. The number of carbonyl (C=O) groups is 1. The lowest BCUT2D eigenvalue weighted by atomic mass is 10.1. The molecule has 0 aliphatic rings. The monoisotopic (exact) mass is 206 g/mol. The Labute approximate surface area is 83.3 Å². The highest BCUT2D eigenvalue weighted by atomic mass is 16.7. The molecule has 0 aliphatic heterocycles. The predicted molar refractivity (Wildman–Crippen MR) is 49.0 cm³/mol. The number of aliphatic hydroxyl groups is 3. The quantitative estimate of drug-likeness (QED) is 0.435. The first-order chi connectivity index (χ1) is 6.27. The van der Waals surface area contributed by atoms with Crippen LogP contribution in [0.2, 0.25) is 0 Å². The Balaban J connectivity index is 4.13. The van der Waals surface area contributed by atoms with Crippen molar-refractivity contribution < 1.29 is 24.9 Å². The molecular formula is C9H18O5. The maximum atomic E-state index is 11.1. The lowest BCUT2D eigenvalue weighted by Gasteiger charge is -2.24. The molecule has 0 aliphatic carbocycles. The van der Waals surface area contributed by atoms with Gasteiger partial charge in [0.05, 0.1) is 0 Å². The zero-order valence-electron chi connectivity index (χ0n) is 8.73. The number of carbonyl (C=O) groups excluding carboxylic acids is 1. The van der Waals surface area contributed by atoms with Crippen molar-refractivity contribution in [2.45, 2.75) is 45.7 Å². The van der Waals surface area contributed by atoms with E-state index in [-0.39, 0.29) is 18.8 Å². The molecule has 1 unspecified atom stereocenters. The van der Waals surface area contributed by atoms with Crippen molar-refractivity contribution in [2.75, 3.05) is 0 Å². The molecule has 14 heavy (non-hydrogen) atoms. The maximum Gasteiger partial charge on any atom is 0.314 e. The molecule has 0 spiro atoms. The van der Waals surface area contributed by atoms with Crippen LogP contribution in [0.1, 0.15) is 33.6 Å². The number of hydrogen-bond acceptors (Lipinski definition) is 5. The second-order valence-corrected chi connectivity index (χ2v) is 3.67. The Morgan fingerprint density at radius 3 is 2.14 bits per heavy atom. The molecular weight excluding hydrogens is 188 g/mol. The summed E-state index contributed by atoms with van der Waals surface area (Å²) >= 11 is 0. The third kappa shape index (κ3) is 5.16. The molecule has 5 nitrogen and oxygen atoms in total. The van der Waals surface area contributed by atoms with E-state index in [1.165, 1.54) is 0 Å². The fourth-order valence-electron chi connectivity index (χ4n) is 0.976. The van der Waals surface area contributed by atoms with Gasteiger partial charge >= 0.3 is 11.9 Å². The molecule has 0 bridgehead atoms. The fourth-order valence-corrected chi connectivity index (χ4v) is 0.976. The molecule has 5 heteroatoms. The van der Waals surface area contributed by atoms with Gasteiger partial charge in [-0.15, -0.1) is 0 Å². The maximum absolute atomic E-state index is 11.1. The summed E-state index contributed by atoms with van der Waals surface area (Å²) in [6.45, 7) is 5.25. The van der Waals surface area contributed by atoms with Crippen molar-refractivity contribution >= 4 is 5.97 Å². The van der Waals surface area contributed by atoms with Gasteiger partial charge < -0.3 is 20.1 Å². The summed E-state index contributed by atoms with van der Waals surface area (Å²) in [5.74, 6) is -3.37. The van der Waals surface area contributed by atoms with Gasteiger partial charge in [0, 0.05) is 6.42 Å². The molecule has 1 atom stereocenters. The first-order valence-corrected chi connectivity index (χ1v) is 4.64. The molecule has 0 aromatic heterocycles. The van der Waals surface area contributed by atoms with Crippen LogP contribution in [0.15, 0.2) is 0 Å². The van der Waals surface area contributed by atoms with Gasteiger partial charge in [-0.25, -0.2) is 0 Å². The fraction of sp³-hybridized carbons (Fsp3) is 0.889. The van der Waals surface area contributed by atoms with Gasteiger partial charge in [0.1, 0.15) is 0 Å². The van der Waals surface area contributed by atoms with Crippen LogP contribution >= 0.6 is 0 Å². The van der Waals surface area contributed by atoms with Crippen LogP contribution in [0.5, 0.6) is 0 Å². The molecule has 0 rings (SSSR count). The molecule has 0 aromatic rings. The van der Waals surface area contributed by atoms with Crippen molar-refractivity contribution in [3.8, 4) is 0 Å². The van der Waals surface area contributed by atoms with Gasteiger partial charge in [-0.2, -0.15) is 0 Å². The van der Waals surface area contributed by atoms with Gasteiger partial charge in [-0.3, -0.25) is 4.79 Å². The minimum absolute atomic E-state index is 0.130. The second-order valence-electron chi connectivity index (χ2n) is 3.67. The predicted octanol–water partition coefficient (Wildman–Crippen LogP) is -0.0150. The number of rotatable bonds is 5. The largest absolute Gasteiger partial charge is 0.454 e. The third-order valence-corrected chi connectivity index (χ3v) is 1.65. The average molecular weight is 206 g/mol. The number of ether oxygens (including phenoxy) is 1. The van der Waals surface area contributed by atoms with E-state index in [2.05, 4.69) is 4.74 Å². The van der Waals surface area contributed by atoms with Gasteiger partial charge in [-0.05, 0) is 12.3 Å². The number of esters is 1. The van der Waals surface area contributed by atoms with E-state index in [1.54, 1.807) is 6.92 Å². The van der Waals surface area contributed by atoms with Crippen molar-refractivity contribution in [2.24, 2.45) is 5.92 Å². The normalized spacial score (nSPS) is 14.2. The summed E-state index contributed by atoms with van der Waals surface area (Å²) in [7, 11) is 0. The van der Waals surface area contributed by atoms with Crippen LogP contribution in [0, 0.1) is 5.92 Å². The molecule has 0 fully saturated rings. The van der Waals surface area contributed by atoms with Gasteiger partial charge in [-0.1, -0.05) is 20.8 Å². The van der Waals surface area contributed by atoms with Crippen LogP contribution in [-0.2, 0) is 9.53 Å². The highest BCUT2D eigenvalue weighted by molar-refractivity contribution is 5.69. The van der Waals surface area contributed by atoms with E-state index in [9.17, 15) is 4.79 Å². The topological polar surface area (TPSA) is 87.0 Å². The summed E-state index contributed by atoms with van der Waals surface area (Å²) in [6, 6.07) is 0. The number of hydrogen-bond donors (Lipinski definition) is 3. The van der Waals surface area contributed by atoms with E-state index in [0.717, 1.165) is 0 Å². The lowest BCUT2D eigenvalue weighted by Crippen LogP contribution is -2.44. The first kappa shape index (κ1) is 13.4. The van der Waals surface area contributed by atoms with E-state index in [0.29, 0.717) is 0 Å². The summed E-state index contributed by atoms with van der Waals surface area (Å²) in [5.41, 5.74) is 0. The Morgan fingerprint density at radius 1 is 1.36 bits per heavy atom. The van der Waals surface area contributed by atoms with E-state index in [4.69, 9.17) is 15.3 Å². The summed E-state index contributed by atoms with van der Waals surface area (Å²) < 4.78 is 4.69. The lowest BCUT2D eigenvalue weighted by molar-refractivity contribution is -0.356. The summed E-state index contributed by atoms with van der Waals surface area (Å²) in [5, 5.41) is 26.4. The van der Waals surface area contributed by atoms with Crippen LogP contribution in [-0.4, -0.2) is 33.4 Å². The average Bonchev–Trinajstić information content (AvgIpc) is 1.96. The molecule has 0 heterocycles. The van der Waals surface area contributed by atoms with Crippen LogP contribution in [0.4, 0.5) is 0 Å². The van der Waals surface area contributed by atoms with E-state index < -0.39 is 18.0 Å². The van der Waals surface area contributed by atoms with Gasteiger partial charge in [0.2, 0.25) is 0 Å². The highest BCUT2D eigenvalue weighted by Crippen LogP contribution is 2.13. The summed E-state index contributed by atoms with van der Waals surface area (Å²) in [4.78, 5) is 11.1. The molecule has 84 valence electrons. The van der Waals surface area contributed by atoms with Gasteiger partial charge in [0.25, 0.3) is 0 Å². The molecule has 0 saturated carbocycles. The zero-order chi connectivity index (χ0) is 11.4. The van der Waals surface area contributed by atoms with Crippen LogP contribution in [0.3, 0.4) is 0 Å². The van der Waals surface area contributed by atoms with E-state index >= 15 is 0 Å². The van der Waals surface area contributed by atoms with Crippen molar-refractivity contribution in [1.82, 2.24) is 0 Å². The van der Waals surface area contributed by atoms with Gasteiger partial charge in [0.15, 0.2) is 6.10 Å². The smallest absolute Gasteiger partial charge is 0.314 e. The first-order valence-electron chi connectivity index (χ1n) is 4.64. The van der Waals surface area contributed by atoms with Crippen molar-refractivity contribution in [3.63, 3.8) is 0 Å². The third-order valence-electron chi connectivity index (χ3n) is 1.65. The van der Waals surface area contributed by atoms with E-state index in [1.807, 2.05) is 13.8 Å². The zero-order valence-corrected chi connectivity index (χ0v) is 8.73. The highest BCUT2D eigenvalue weighted by Gasteiger charge is 2.34. The van der Waals surface area contributed by atoms with Crippen molar-refractivity contribution in [1.29, 1.82) is 0 Å². The van der Waals surface area contributed by atoms with Crippen LogP contribution < -0.4 is 0 Å². The molecule has 3 N–H and O–H groups in total. The molecule has 0 saturated heterocycles. The standard InChI is InChI=1S/C9H18O5/c1-4-7(9(11,12)13)14-8(10)5-6(2)3/h6-7,11-13H,4-5H2,1-3H3. The minimum atomic E-state index is -2.96. The van der Waals surface area contributed by atoms with Crippen molar-refractivity contribution in [3.05, 3.63) is 0 Å². The summed E-state index contributed by atoms with van der Waals surface area (Å²) in [6.07, 6.45) is -0.978. The Morgan fingerprint density at radius 2 is 1.86 bits per heavy atom. The molecule has 0 radical (unpaired) electrons. The Hall–Kier alpha value is -0.650. The SMILES string of the molecule is CCC(OC(=O)CC(C)C)C(O)(O)O. The minimum Gasteiger partial charge on any atom is -0.454 e. The molecule has 0 aromatic carbocycles. The molecule has 0 amide bonds.